The number of carbonyl (C=O) groups is 1. The number of hydrogen-bond acceptors (Lipinski definition) is 3. The lowest BCUT2D eigenvalue weighted by Gasteiger charge is -2.12. The number of halogens is 4. The van der Waals surface area contributed by atoms with E-state index >= 15 is 0 Å². The minimum absolute atomic E-state index is 0.437. The van der Waals surface area contributed by atoms with Gasteiger partial charge in [-0.1, -0.05) is 17.7 Å². The molecule has 0 aliphatic rings. The molecule has 3 rings (SSSR count). The van der Waals surface area contributed by atoms with Crippen LogP contribution in [0, 0.1) is 0 Å². The summed E-state index contributed by atoms with van der Waals surface area (Å²) in [6.45, 7) is -0.612. The number of anilines is 1. The van der Waals surface area contributed by atoms with Crippen molar-refractivity contribution in [3.63, 3.8) is 0 Å². The predicted molar refractivity (Wildman–Crippen MR) is 91.1 cm³/mol. The first-order valence-corrected chi connectivity index (χ1v) is 7.74. The number of alkyl halides is 3. The highest BCUT2D eigenvalue weighted by atomic mass is 35.5. The second-order valence-corrected chi connectivity index (χ2v) is 5.84. The van der Waals surface area contributed by atoms with Crippen molar-refractivity contribution in [1.29, 1.82) is 0 Å². The first kappa shape index (κ1) is 17.9. The third-order valence-corrected chi connectivity index (χ3v) is 3.87. The van der Waals surface area contributed by atoms with Crippen molar-refractivity contribution in [2.75, 3.05) is 5.32 Å². The van der Waals surface area contributed by atoms with Gasteiger partial charge in [0.1, 0.15) is 11.6 Å². The molecular formula is C17H11ClF3N3O2. The molecule has 0 bridgehead atoms. The number of amides is 1. The number of rotatable bonds is 3. The first-order valence-electron chi connectivity index (χ1n) is 7.36. The second-order valence-electron chi connectivity index (χ2n) is 5.43. The molecule has 5 nitrogen and oxygen atoms in total. The van der Waals surface area contributed by atoms with Gasteiger partial charge in [0.15, 0.2) is 0 Å². The van der Waals surface area contributed by atoms with Crippen LogP contribution in [-0.2, 0) is 17.5 Å². The van der Waals surface area contributed by atoms with Gasteiger partial charge < -0.3 is 9.88 Å². The SMILES string of the molecule is O=C(Cn1cc(C(F)(F)F)cc(Cl)c1=O)Nc1cccc2ncccc12. The maximum atomic E-state index is 12.9. The highest BCUT2D eigenvalue weighted by Gasteiger charge is 2.32. The molecule has 2 heterocycles. The van der Waals surface area contributed by atoms with E-state index in [0.29, 0.717) is 33.4 Å². The second kappa shape index (κ2) is 6.80. The van der Waals surface area contributed by atoms with Crippen LogP contribution >= 0.6 is 11.6 Å². The highest BCUT2D eigenvalue weighted by Crippen LogP contribution is 2.29. The molecule has 1 aromatic carbocycles. The van der Waals surface area contributed by atoms with Gasteiger partial charge in [0.25, 0.3) is 5.56 Å². The molecule has 0 atom stereocenters. The monoisotopic (exact) mass is 381 g/mol. The fraction of sp³-hybridized carbons (Fsp3) is 0.118. The Balaban J connectivity index is 1.89. The number of hydrogen-bond donors (Lipinski definition) is 1. The standard InChI is InChI=1S/C17H11ClF3N3O2/c18-12-7-10(17(19,20)21)8-24(16(12)26)9-15(25)23-14-5-1-4-13-11(14)3-2-6-22-13/h1-8H,9H2,(H,23,25). The molecule has 134 valence electrons. The molecule has 1 amide bonds. The molecule has 0 aliphatic heterocycles. The van der Waals surface area contributed by atoms with Gasteiger partial charge in [0, 0.05) is 17.8 Å². The van der Waals surface area contributed by atoms with Crippen molar-refractivity contribution >= 4 is 34.1 Å². The smallest absolute Gasteiger partial charge is 0.324 e. The molecule has 9 heteroatoms. The average molecular weight is 382 g/mol. The largest absolute Gasteiger partial charge is 0.417 e. The number of benzene rings is 1. The zero-order valence-electron chi connectivity index (χ0n) is 13.0. The average Bonchev–Trinajstić information content (AvgIpc) is 2.58. The Labute approximate surface area is 150 Å². The summed E-state index contributed by atoms with van der Waals surface area (Å²) in [5, 5.41) is 2.63. The number of carbonyl (C=O) groups excluding carboxylic acids is 1. The summed E-state index contributed by atoms with van der Waals surface area (Å²) in [7, 11) is 0. The van der Waals surface area contributed by atoms with Crippen molar-refractivity contribution in [3.05, 3.63) is 69.7 Å². The van der Waals surface area contributed by atoms with E-state index in [2.05, 4.69) is 10.3 Å². The van der Waals surface area contributed by atoms with E-state index in [0.717, 1.165) is 0 Å². The van der Waals surface area contributed by atoms with Gasteiger partial charge in [0.05, 0.1) is 16.8 Å². The van der Waals surface area contributed by atoms with Crippen LogP contribution < -0.4 is 10.9 Å². The van der Waals surface area contributed by atoms with Crippen LogP contribution in [-0.4, -0.2) is 15.5 Å². The van der Waals surface area contributed by atoms with Crippen LogP contribution in [0.25, 0.3) is 10.9 Å². The Morgan fingerprint density at radius 3 is 2.73 bits per heavy atom. The number of aromatic nitrogens is 2. The van der Waals surface area contributed by atoms with Crippen molar-refractivity contribution in [3.8, 4) is 0 Å². The molecule has 1 N–H and O–H groups in total. The number of fused-ring (bicyclic) bond motifs is 1. The normalized spacial score (nSPS) is 11.5. The van der Waals surface area contributed by atoms with E-state index < -0.39 is 34.8 Å². The minimum Gasteiger partial charge on any atom is -0.324 e. The van der Waals surface area contributed by atoms with Crippen molar-refractivity contribution in [2.45, 2.75) is 12.7 Å². The summed E-state index contributed by atoms with van der Waals surface area (Å²) in [5.74, 6) is -0.668. The molecule has 0 radical (unpaired) electrons. The molecule has 0 unspecified atom stereocenters. The molecule has 0 aliphatic carbocycles. The zero-order chi connectivity index (χ0) is 18.9. The number of pyridine rings is 2. The molecule has 26 heavy (non-hydrogen) atoms. The lowest BCUT2D eigenvalue weighted by atomic mass is 10.2. The van der Waals surface area contributed by atoms with Crippen molar-refractivity contribution in [1.82, 2.24) is 9.55 Å². The first-order chi connectivity index (χ1) is 12.3. The highest BCUT2D eigenvalue weighted by molar-refractivity contribution is 6.30. The lowest BCUT2D eigenvalue weighted by molar-refractivity contribution is -0.138. The van der Waals surface area contributed by atoms with Crippen LogP contribution in [0.4, 0.5) is 18.9 Å². The molecule has 0 fully saturated rings. The van der Waals surface area contributed by atoms with Crippen LogP contribution in [0.5, 0.6) is 0 Å². The molecule has 0 saturated carbocycles. The fourth-order valence-electron chi connectivity index (χ4n) is 2.43. The van der Waals surface area contributed by atoms with Gasteiger partial charge in [0.2, 0.25) is 5.91 Å². The van der Waals surface area contributed by atoms with Gasteiger partial charge in [-0.15, -0.1) is 0 Å². The van der Waals surface area contributed by atoms with Crippen molar-refractivity contribution in [2.24, 2.45) is 0 Å². The Morgan fingerprint density at radius 1 is 1.23 bits per heavy atom. The van der Waals surface area contributed by atoms with Gasteiger partial charge >= 0.3 is 6.18 Å². The summed E-state index contributed by atoms with van der Waals surface area (Å²) in [6.07, 6.45) is -2.52. The predicted octanol–water partition coefficient (Wildman–Crippen LogP) is 3.71. The fourth-order valence-corrected chi connectivity index (χ4v) is 2.65. The van der Waals surface area contributed by atoms with Gasteiger partial charge in [-0.3, -0.25) is 14.6 Å². The maximum Gasteiger partial charge on any atom is 0.417 e. The van der Waals surface area contributed by atoms with Gasteiger partial charge in [-0.25, -0.2) is 0 Å². The summed E-state index contributed by atoms with van der Waals surface area (Å²) < 4.78 is 39.2. The van der Waals surface area contributed by atoms with Crippen LogP contribution in [0.1, 0.15) is 5.56 Å². The van der Waals surface area contributed by atoms with E-state index in [9.17, 15) is 22.8 Å². The topological polar surface area (TPSA) is 64.0 Å². The summed E-state index contributed by atoms with van der Waals surface area (Å²) >= 11 is 5.57. The van der Waals surface area contributed by atoms with E-state index in [1.165, 1.54) is 0 Å². The summed E-state index contributed by atoms with van der Waals surface area (Å²) in [4.78, 5) is 28.3. The Morgan fingerprint density at radius 2 is 2.00 bits per heavy atom. The van der Waals surface area contributed by atoms with Gasteiger partial charge in [-0.05, 0) is 30.3 Å². The molecule has 0 spiro atoms. The summed E-state index contributed by atoms with van der Waals surface area (Å²) in [6, 6.07) is 9.03. The van der Waals surface area contributed by atoms with Crippen LogP contribution in [0.2, 0.25) is 5.02 Å². The van der Waals surface area contributed by atoms with E-state index in [1.54, 1.807) is 36.5 Å². The zero-order valence-corrected chi connectivity index (χ0v) is 13.8. The van der Waals surface area contributed by atoms with Crippen LogP contribution in [0.3, 0.4) is 0 Å². The Bertz CT molecular complexity index is 1040. The van der Waals surface area contributed by atoms with E-state index in [4.69, 9.17) is 11.6 Å². The van der Waals surface area contributed by atoms with Crippen molar-refractivity contribution < 1.29 is 18.0 Å². The minimum atomic E-state index is -4.68. The summed E-state index contributed by atoms with van der Waals surface area (Å²) in [5.41, 5.74) is -0.907. The van der Waals surface area contributed by atoms with E-state index in [1.807, 2.05) is 0 Å². The maximum absolute atomic E-state index is 12.9. The quantitative estimate of drug-likeness (QED) is 0.752. The van der Waals surface area contributed by atoms with Gasteiger partial charge in [-0.2, -0.15) is 13.2 Å². The van der Waals surface area contributed by atoms with E-state index in [-0.39, 0.29) is 0 Å². The molecular weight excluding hydrogens is 371 g/mol. The molecule has 3 aromatic rings. The lowest BCUT2D eigenvalue weighted by Crippen LogP contribution is -2.29. The third-order valence-electron chi connectivity index (χ3n) is 3.60. The Kier molecular flexibility index (Phi) is 4.69. The number of nitrogens with zero attached hydrogens (tertiary/aromatic N) is 2. The number of nitrogens with one attached hydrogen (secondary N) is 1. The Hall–Kier alpha value is -2.87. The molecule has 0 saturated heterocycles. The molecule has 2 aromatic heterocycles. The van der Waals surface area contributed by atoms with Crippen LogP contribution in [0.15, 0.2) is 53.6 Å². The third kappa shape index (κ3) is 3.70.